The normalized spacial score (nSPS) is 11.4. The van der Waals surface area contributed by atoms with Crippen LogP contribution in [0.5, 0.6) is 5.75 Å². The van der Waals surface area contributed by atoms with E-state index in [0.717, 1.165) is 12.1 Å². The van der Waals surface area contributed by atoms with Gasteiger partial charge >= 0.3 is 6.18 Å². The molecule has 0 aliphatic carbocycles. The molecule has 0 heterocycles. The zero-order valence-corrected chi connectivity index (χ0v) is 10.1. The van der Waals surface area contributed by atoms with Crippen LogP contribution in [0.2, 0.25) is 0 Å². The third kappa shape index (κ3) is 2.55. The molecule has 88 valence electrons. The quantitative estimate of drug-likeness (QED) is 0.778. The average Bonchev–Trinajstić information content (AvgIpc) is 2.15. The van der Waals surface area contributed by atoms with Gasteiger partial charge < -0.3 is 4.74 Å². The standard InChI is InChI=1S/C10H8BrF3O2/c1-5(15)6-3-8(11)7(10(12,13)14)4-9(6)16-2/h3-4H,1-2H3. The van der Waals surface area contributed by atoms with Crippen molar-refractivity contribution in [3.63, 3.8) is 0 Å². The molecular weight excluding hydrogens is 289 g/mol. The number of rotatable bonds is 2. The molecule has 6 heteroatoms. The summed E-state index contributed by atoms with van der Waals surface area (Å²) in [5, 5.41) is 0. The van der Waals surface area contributed by atoms with Gasteiger partial charge in [0.15, 0.2) is 5.78 Å². The van der Waals surface area contributed by atoms with E-state index in [0.29, 0.717) is 0 Å². The zero-order valence-electron chi connectivity index (χ0n) is 8.48. The second-order valence-corrected chi connectivity index (χ2v) is 3.94. The molecule has 0 saturated carbocycles. The summed E-state index contributed by atoms with van der Waals surface area (Å²) in [6.45, 7) is 1.26. The van der Waals surface area contributed by atoms with E-state index in [1.165, 1.54) is 14.0 Å². The molecule has 16 heavy (non-hydrogen) atoms. The molecule has 2 nitrogen and oxygen atoms in total. The van der Waals surface area contributed by atoms with Crippen LogP contribution in [0.15, 0.2) is 16.6 Å². The van der Waals surface area contributed by atoms with E-state index in [-0.39, 0.29) is 21.6 Å². The molecule has 0 radical (unpaired) electrons. The number of methoxy groups -OCH3 is 1. The summed E-state index contributed by atoms with van der Waals surface area (Å²) >= 11 is 2.79. The Hall–Kier alpha value is -1.04. The fourth-order valence-corrected chi connectivity index (χ4v) is 1.78. The van der Waals surface area contributed by atoms with Crippen LogP contribution < -0.4 is 4.74 Å². The molecule has 0 aliphatic heterocycles. The van der Waals surface area contributed by atoms with Gasteiger partial charge in [-0.2, -0.15) is 13.2 Å². The molecule has 0 fully saturated rings. The van der Waals surface area contributed by atoms with Crippen LogP contribution >= 0.6 is 15.9 Å². The number of alkyl halides is 3. The monoisotopic (exact) mass is 296 g/mol. The van der Waals surface area contributed by atoms with Crippen molar-refractivity contribution in [2.24, 2.45) is 0 Å². The minimum absolute atomic E-state index is 0.0805. The van der Waals surface area contributed by atoms with Crippen molar-refractivity contribution in [2.75, 3.05) is 7.11 Å². The number of benzene rings is 1. The van der Waals surface area contributed by atoms with Gasteiger partial charge in [0.1, 0.15) is 5.75 Å². The third-order valence-electron chi connectivity index (χ3n) is 1.97. The van der Waals surface area contributed by atoms with E-state index in [1.807, 2.05) is 0 Å². The second kappa shape index (κ2) is 4.45. The maximum Gasteiger partial charge on any atom is 0.417 e. The minimum Gasteiger partial charge on any atom is -0.496 e. The van der Waals surface area contributed by atoms with Gasteiger partial charge in [0.2, 0.25) is 0 Å². The Morgan fingerprint density at radius 2 is 1.94 bits per heavy atom. The van der Waals surface area contributed by atoms with Gasteiger partial charge in [-0.15, -0.1) is 0 Å². The minimum atomic E-state index is -4.48. The summed E-state index contributed by atoms with van der Waals surface area (Å²) in [4.78, 5) is 11.2. The predicted octanol–water partition coefficient (Wildman–Crippen LogP) is 3.68. The summed E-state index contributed by atoms with van der Waals surface area (Å²) < 4.78 is 42.2. The van der Waals surface area contributed by atoms with Gasteiger partial charge in [0.25, 0.3) is 0 Å². The van der Waals surface area contributed by atoms with E-state index < -0.39 is 11.7 Å². The molecular formula is C10H8BrF3O2. The molecule has 0 atom stereocenters. The van der Waals surface area contributed by atoms with Crippen molar-refractivity contribution in [3.8, 4) is 5.75 Å². The number of Topliss-reactive ketones (excluding diaryl/α,β-unsaturated/α-hetero) is 1. The first-order valence-electron chi connectivity index (χ1n) is 4.23. The van der Waals surface area contributed by atoms with Crippen LogP contribution in [0, 0.1) is 0 Å². The molecule has 0 N–H and O–H groups in total. The van der Waals surface area contributed by atoms with Crippen LogP contribution in [0.25, 0.3) is 0 Å². The van der Waals surface area contributed by atoms with E-state index in [2.05, 4.69) is 15.9 Å². The van der Waals surface area contributed by atoms with E-state index in [9.17, 15) is 18.0 Å². The number of carbonyl (C=O) groups is 1. The van der Waals surface area contributed by atoms with Crippen LogP contribution in [0.4, 0.5) is 13.2 Å². The SMILES string of the molecule is COc1cc(C(F)(F)F)c(Br)cc1C(C)=O. The number of ketones is 1. The highest BCUT2D eigenvalue weighted by Crippen LogP contribution is 2.38. The van der Waals surface area contributed by atoms with Gasteiger partial charge in [-0.3, -0.25) is 4.79 Å². The summed E-state index contributed by atoms with van der Waals surface area (Å²) in [6, 6.07) is 1.92. The van der Waals surface area contributed by atoms with E-state index in [4.69, 9.17) is 4.74 Å². The van der Waals surface area contributed by atoms with Gasteiger partial charge in [-0.25, -0.2) is 0 Å². The summed E-state index contributed by atoms with van der Waals surface area (Å²) in [5.41, 5.74) is -0.753. The summed E-state index contributed by atoms with van der Waals surface area (Å²) in [7, 11) is 1.22. The Kier molecular flexibility index (Phi) is 3.62. The van der Waals surface area contributed by atoms with Crippen molar-refractivity contribution in [1.82, 2.24) is 0 Å². The van der Waals surface area contributed by atoms with Crippen molar-refractivity contribution >= 4 is 21.7 Å². The Labute approximate surface area is 98.5 Å². The lowest BCUT2D eigenvalue weighted by Crippen LogP contribution is -2.08. The number of hydrogen-bond donors (Lipinski definition) is 0. The lowest BCUT2D eigenvalue weighted by molar-refractivity contribution is -0.138. The highest BCUT2D eigenvalue weighted by atomic mass is 79.9. The first-order valence-corrected chi connectivity index (χ1v) is 5.02. The van der Waals surface area contributed by atoms with Crippen LogP contribution in [-0.4, -0.2) is 12.9 Å². The molecule has 0 saturated heterocycles. The maximum absolute atomic E-state index is 12.5. The van der Waals surface area contributed by atoms with Crippen molar-refractivity contribution in [3.05, 3.63) is 27.7 Å². The first-order chi connectivity index (χ1) is 7.27. The van der Waals surface area contributed by atoms with Gasteiger partial charge in [-0.05, 0) is 19.1 Å². The molecule has 0 aromatic heterocycles. The zero-order chi connectivity index (χ0) is 12.5. The average molecular weight is 297 g/mol. The Morgan fingerprint density at radius 3 is 2.31 bits per heavy atom. The van der Waals surface area contributed by atoms with Crippen molar-refractivity contribution in [1.29, 1.82) is 0 Å². The first kappa shape index (κ1) is 13.0. The van der Waals surface area contributed by atoms with Crippen LogP contribution in [0.3, 0.4) is 0 Å². The van der Waals surface area contributed by atoms with Gasteiger partial charge in [0.05, 0.1) is 18.2 Å². The van der Waals surface area contributed by atoms with Crippen LogP contribution in [-0.2, 0) is 6.18 Å². The molecule has 1 rings (SSSR count). The molecule has 0 spiro atoms. The molecule has 0 amide bonds. The summed E-state index contributed by atoms with van der Waals surface area (Å²) in [5.74, 6) is -0.436. The fourth-order valence-electron chi connectivity index (χ4n) is 1.21. The predicted molar refractivity (Wildman–Crippen MR) is 55.7 cm³/mol. The Morgan fingerprint density at radius 1 is 1.38 bits per heavy atom. The fraction of sp³-hybridized carbons (Fsp3) is 0.300. The number of ether oxygens (including phenoxy) is 1. The molecule has 0 bridgehead atoms. The lowest BCUT2D eigenvalue weighted by atomic mass is 10.1. The van der Waals surface area contributed by atoms with Crippen LogP contribution in [0.1, 0.15) is 22.8 Å². The second-order valence-electron chi connectivity index (χ2n) is 3.09. The molecule has 1 aromatic rings. The topological polar surface area (TPSA) is 26.3 Å². The van der Waals surface area contributed by atoms with Gasteiger partial charge in [0, 0.05) is 4.47 Å². The van der Waals surface area contributed by atoms with Crippen molar-refractivity contribution < 1.29 is 22.7 Å². The Bertz CT molecular complexity index is 427. The van der Waals surface area contributed by atoms with Gasteiger partial charge in [-0.1, -0.05) is 15.9 Å². The summed E-state index contributed by atoms with van der Waals surface area (Å²) in [6.07, 6.45) is -4.48. The number of carbonyl (C=O) groups excluding carboxylic acids is 1. The largest absolute Gasteiger partial charge is 0.496 e. The van der Waals surface area contributed by atoms with E-state index in [1.54, 1.807) is 0 Å². The highest BCUT2D eigenvalue weighted by Gasteiger charge is 2.34. The lowest BCUT2D eigenvalue weighted by Gasteiger charge is -2.13. The molecule has 0 unspecified atom stereocenters. The number of halogens is 4. The third-order valence-corrected chi connectivity index (χ3v) is 2.63. The Balaban J connectivity index is 3.43. The van der Waals surface area contributed by atoms with E-state index >= 15 is 0 Å². The number of hydrogen-bond acceptors (Lipinski definition) is 2. The highest BCUT2D eigenvalue weighted by molar-refractivity contribution is 9.10. The molecule has 0 aliphatic rings. The van der Waals surface area contributed by atoms with Crippen molar-refractivity contribution in [2.45, 2.75) is 13.1 Å². The smallest absolute Gasteiger partial charge is 0.417 e. The molecule has 1 aromatic carbocycles. The maximum atomic E-state index is 12.5.